The Hall–Kier alpha value is -1.75. The fourth-order valence-electron chi connectivity index (χ4n) is 4.26. The van der Waals surface area contributed by atoms with Crippen LogP contribution in [-0.4, -0.2) is 49.7 Å². The molecule has 2 saturated carbocycles. The normalized spacial score (nSPS) is 27.8. The molecule has 0 spiro atoms. The van der Waals surface area contributed by atoms with Crippen molar-refractivity contribution in [2.75, 3.05) is 27.8 Å². The molecule has 2 bridgehead atoms. The molecule has 2 aliphatic carbocycles. The summed E-state index contributed by atoms with van der Waals surface area (Å²) in [5.41, 5.74) is 2.22. The molecule has 5 heteroatoms. The Balaban J connectivity index is 1.64. The van der Waals surface area contributed by atoms with Crippen molar-refractivity contribution in [2.45, 2.75) is 31.7 Å². The minimum Gasteiger partial charge on any atom is -0.493 e. The van der Waals surface area contributed by atoms with Gasteiger partial charge < -0.3 is 14.7 Å². The molecule has 0 radical (unpaired) electrons. The molecule has 0 amide bonds. The van der Waals surface area contributed by atoms with E-state index in [4.69, 9.17) is 9.47 Å². The van der Waals surface area contributed by atoms with Crippen molar-refractivity contribution >= 4 is 5.71 Å². The summed E-state index contributed by atoms with van der Waals surface area (Å²) >= 11 is 0. The van der Waals surface area contributed by atoms with Crippen LogP contribution in [0.1, 0.15) is 24.8 Å². The van der Waals surface area contributed by atoms with Gasteiger partial charge in [0.15, 0.2) is 11.5 Å². The van der Waals surface area contributed by atoms with Crippen molar-refractivity contribution in [1.82, 2.24) is 4.90 Å². The lowest BCUT2D eigenvalue weighted by Crippen LogP contribution is -2.43. The molecule has 3 rings (SSSR count). The Bertz CT molecular complexity index is 588. The second-order valence-electron chi connectivity index (χ2n) is 6.66. The second kappa shape index (κ2) is 6.79. The van der Waals surface area contributed by atoms with E-state index in [1.807, 2.05) is 12.1 Å². The van der Waals surface area contributed by atoms with Gasteiger partial charge >= 0.3 is 0 Å². The van der Waals surface area contributed by atoms with Crippen molar-refractivity contribution in [3.8, 4) is 11.5 Å². The van der Waals surface area contributed by atoms with Gasteiger partial charge in [-0.15, -0.1) is 0 Å². The summed E-state index contributed by atoms with van der Waals surface area (Å²) in [6.45, 7) is 0.933. The van der Waals surface area contributed by atoms with E-state index >= 15 is 0 Å². The maximum atomic E-state index is 9.35. The number of ether oxygens (including phenoxy) is 2. The molecule has 5 nitrogen and oxygen atoms in total. The van der Waals surface area contributed by atoms with Gasteiger partial charge in [-0.2, -0.15) is 0 Å². The van der Waals surface area contributed by atoms with Crippen molar-refractivity contribution in [3.05, 3.63) is 23.8 Å². The molecule has 2 fully saturated rings. The highest BCUT2D eigenvalue weighted by molar-refractivity contribution is 5.94. The molecule has 1 aromatic carbocycles. The van der Waals surface area contributed by atoms with Gasteiger partial charge in [-0.3, -0.25) is 4.90 Å². The first-order valence-corrected chi connectivity index (χ1v) is 8.31. The lowest BCUT2D eigenvalue weighted by molar-refractivity contribution is 0.231. The zero-order valence-corrected chi connectivity index (χ0v) is 14.2. The van der Waals surface area contributed by atoms with E-state index < -0.39 is 0 Å². The van der Waals surface area contributed by atoms with Gasteiger partial charge in [0.05, 0.1) is 26.0 Å². The van der Waals surface area contributed by atoms with E-state index in [1.165, 1.54) is 24.8 Å². The Kier molecular flexibility index (Phi) is 4.76. The maximum Gasteiger partial charge on any atom is 0.160 e. The average molecular weight is 318 g/mol. The first kappa shape index (κ1) is 16.1. The smallest absolute Gasteiger partial charge is 0.160 e. The molecular weight excluding hydrogens is 292 g/mol. The van der Waals surface area contributed by atoms with Gasteiger partial charge in [0, 0.05) is 12.5 Å². The van der Waals surface area contributed by atoms with E-state index in [1.54, 1.807) is 14.2 Å². The number of oxime groups is 1. The molecule has 0 unspecified atom stereocenters. The molecule has 0 aliphatic heterocycles. The SMILES string of the molecule is COc1ccc(CCN(C)[C@@H]2/C(=N/O)[C@H]3CC[C@@H]2C3)cc1OC. The molecule has 126 valence electrons. The highest BCUT2D eigenvalue weighted by Gasteiger charge is 2.47. The number of hydrogen-bond donors (Lipinski definition) is 1. The summed E-state index contributed by atoms with van der Waals surface area (Å²) in [6.07, 6.45) is 4.56. The molecule has 0 saturated heterocycles. The highest BCUT2D eigenvalue weighted by atomic mass is 16.5. The number of methoxy groups -OCH3 is 2. The summed E-state index contributed by atoms with van der Waals surface area (Å²) < 4.78 is 10.6. The lowest BCUT2D eigenvalue weighted by atomic mass is 9.92. The number of rotatable bonds is 6. The predicted molar refractivity (Wildman–Crippen MR) is 89.7 cm³/mol. The summed E-state index contributed by atoms with van der Waals surface area (Å²) in [5, 5.41) is 13.0. The van der Waals surface area contributed by atoms with Crippen LogP contribution in [0.2, 0.25) is 0 Å². The molecule has 3 atom stereocenters. The van der Waals surface area contributed by atoms with Gasteiger partial charge in [0.2, 0.25) is 0 Å². The van der Waals surface area contributed by atoms with Crippen LogP contribution in [0.25, 0.3) is 0 Å². The first-order valence-electron chi connectivity index (χ1n) is 8.31. The van der Waals surface area contributed by atoms with E-state index in [0.717, 1.165) is 30.2 Å². The van der Waals surface area contributed by atoms with Crippen LogP contribution in [0, 0.1) is 11.8 Å². The van der Waals surface area contributed by atoms with Crippen LogP contribution in [0.3, 0.4) is 0 Å². The third kappa shape index (κ3) is 3.02. The molecule has 2 aliphatic rings. The zero-order chi connectivity index (χ0) is 16.4. The van der Waals surface area contributed by atoms with Crippen LogP contribution >= 0.6 is 0 Å². The highest BCUT2D eigenvalue weighted by Crippen LogP contribution is 2.44. The summed E-state index contributed by atoms with van der Waals surface area (Å²) in [7, 11) is 5.44. The molecule has 1 aromatic rings. The van der Waals surface area contributed by atoms with E-state index in [0.29, 0.717) is 17.9 Å². The zero-order valence-electron chi connectivity index (χ0n) is 14.2. The van der Waals surface area contributed by atoms with Gasteiger partial charge in [0.25, 0.3) is 0 Å². The third-order valence-electron chi connectivity index (χ3n) is 5.43. The Morgan fingerprint density at radius 1 is 1.22 bits per heavy atom. The first-order chi connectivity index (χ1) is 11.2. The third-order valence-corrected chi connectivity index (χ3v) is 5.43. The Morgan fingerprint density at radius 3 is 2.70 bits per heavy atom. The molecular formula is C18H26N2O3. The Labute approximate surface area is 137 Å². The van der Waals surface area contributed by atoms with Crippen molar-refractivity contribution < 1.29 is 14.7 Å². The lowest BCUT2D eigenvalue weighted by Gasteiger charge is -2.31. The monoisotopic (exact) mass is 318 g/mol. The molecule has 0 aromatic heterocycles. The van der Waals surface area contributed by atoms with Crippen LogP contribution in [0.4, 0.5) is 0 Å². The van der Waals surface area contributed by atoms with Gasteiger partial charge in [-0.25, -0.2) is 0 Å². The summed E-state index contributed by atoms with van der Waals surface area (Å²) in [4.78, 5) is 2.34. The molecule has 23 heavy (non-hydrogen) atoms. The quantitative estimate of drug-likeness (QED) is 0.647. The van der Waals surface area contributed by atoms with Gasteiger partial charge in [0.1, 0.15) is 0 Å². The fourth-order valence-corrected chi connectivity index (χ4v) is 4.26. The number of nitrogens with zero attached hydrogens (tertiary/aromatic N) is 2. The number of hydrogen-bond acceptors (Lipinski definition) is 5. The summed E-state index contributed by atoms with van der Waals surface area (Å²) in [5.74, 6) is 2.68. The number of likely N-dealkylation sites (N-methyl/N-ethyl adjacent to an activating group) is 1. The van der Waals surface area contributed by atoms with E-state index in [-0.39, 0.29) is 0 Å². The van der Waals surface area contributed by atoms with Crippen molar-refractivity contribution in [3.63, 3.8) is 0 Å². The minimum absolute atomic E-state index is 0.305. The topological polar surface area (TPSA) is 54.3 Å². The Morgan fingerprint density at radius 2 is 2.00 bits per heavy atom. The van der Waals surface area contributed by atoms with E-state index in [9.17, 15) is 5.21 Å². The van der Waals surface area contributed by atoms with Crippen LogP contribution in [0.15, 0.2) is 23.4 Å². The fraction of sp³-hybridized carbons (Fsp3) is 0.611. The number of fused-ring (bicyclic) bond motifs is 2. The van der Waals surface area contributed by atoms with Crippen molar-refractivity contribution in [2.24, 2.45) is 17.0 Å². The van der Waals surface area contributed by atoms with E-state index in [2.05, 4.69) is 23.2 Å². The standard InChI is InChI=1S/C18H26N2O3/c1-20(18-14-6-5-13(11-14)17(18)19-21)9-8-12-4-7-15(22-2)16(10-12)23-3/h4,7,10,13-14,18,21H,5-6,8-9,11H2,1-3H3/b19-17+/t13-,14+,18-/m0/s1. The summed E-state index contributed by atoms with van der Waals surface area (Å²) in [6, 6.07) is 6.37. The van der Waals surface area contributed by atoms with Crippen LogP contribution in [-0.2, 0) is 6.42 Å². The molecule has 0 heterocycles. The van der Waals surface area contributed by atoms with Crippen LogP contribution < -0.4 is 9.47 Å². The minimum atomic E-state index is 0.305. The second-order valence-corrected chi connectivity index (χ2v) is 6.66. The van der Waals surface area contributed by atoms with Crippen molar-refractivity contribution in [1.29, 1.82) is 0 Å². The van der Waals surface area contributed by atoms with Crippen LogP contribution in [0.5, 0.6) is 11.5 Å². The molecule has 1 N–H and O–H groups in total. The average Bonchev–Trinajstić information content (AvgIpc) is 3.20. The number of benzene rings is 1. The largest absolute Gasteiger partial charge is 0.493 e. The predicted octanol–water partition coefficient (Wildman–Crippen LogP) is 2.81. The van der Waals surface area contributed by atoms with Gasteiger partial charge in [-0.05, 0) is 56.3 Å². The maximum absolute atomic E-state index is 9.35. The van der Waals surface area contributed by atoms with Gasteiger partial charge in [-0.1, -0.05) is 11.2 Å².